The molecule has 4 aromatic rings. The fourth-order valence-electron chi connectivity index (χ4n) is 3.57. The van der Waals surface area contributed by atoms with E-state index in [9.17, 15) is 14.3 Å². The molecule has 0 spiro atoms. The number of amides is 1. The van der Waals surface area contributed by atoms with Gasteiger partial charge in [-0.2, -0.15) is 0 Å². The van der Waals surface area contributed by atoms with Gasteiger partial charge >= 0.3 is 0 Å². The lowest BCUT2D eigenvalue weighted by molar-refractivity contribution is 0.0942. The van der Waals surface area contributed by atoms with Crippen molar-refractivity contribution in [3.8, 4) is 5.75 Å². The van der Waals surface area contributed by atoms with Gasteiger partial charge in [-0.05, 0) is 47.5 Å². The Labute approximate surface area is 178 Å². The van der Waals surface area contributed by atoms with E-state index in [2.05, 4.69) is 5.32 Å². The zero-order chi connectivity index (χ0) is 22.0. The van der Waals surface area contributed by atoms with E-state index in [0.717, 1.165) is 5.56 Å². The molecule has 0 bridgehead atoms. The van der Waals surface area contributed by atoms with Crippen molar-refractivity contribution in [2.24, 2.45) is 5.73 Å². The molecule has 0 aliphatic rings. The molecule has 6 nitrogen and oxygen atoms in total. The first-order valence-corrected chi connectivity index (χ1v) is 9.69. The first-order valence-electron chi connectivity index (χ1n) is 9.69. The number of phenols is 1. The van der Waals surface area contributed by atoms with Gasteiger partial charge in [0.25, 0.3) is 5.91 Å². The van der Waals surface area contributed by atoms with Crippen LogP contribution in [0.15, 0.2) is 72.8 Å². The van der Waals surface area contributed by atoms with Crippen LogP contribution < -0.4 is 11.1 Å². The SMILES string of the molecule is N=C(N)c1cccc(Cn2c(C(=O)NCc3cccc(F)c3)cc3c(O)cccc32)c1. The Kier molecular flexibility index (Phi) is 5.41. The number of fused-ring (bicyclic) bond motifs is 1. The summed E-state index contributed by atoms with van der Waals surface area (Å²) in [5, 5.41) is 21.3. The van der Waals surface area contributed by atoms with E-state index in [4.69, 9.17) is 11.1 Å². The zero-order valence-electron chi connectivity index (χ0n) is 16.6. The van der Waals surface area contributed by atoms with Gasteiger partial charge in [-0.15, -0.1) is 0 Å². The maximum atomic E-state index is 13.4. The maximum Gasteiger partial charge on any atom is 0.268 e. The standard InChI is InChI=1S/C24H21FN4O2/c25-18-7-2-4-15(11-18)13-28-24(31)21-12-19-20(8-3-9-22(19)30)29(21)14-16-5-1-6-17(10-16)23(26)27/h1-12,30H,13-14H2,(H3,26,27)(H,28,31). The molecule has 31 heavy (non-hydrogen) atoms. The van der Waals surface area contributed by atoms with E-state index in [1.165, 1.54) is 12.1 Å². The van der Waals surface area contributed by atoms with Crippen molar-refractivity contribution in [2.45, 2.75) is 13.1 Å². The van der Waals surface area contributed by atoms with Crippen LogP contribution in [0.3, 0.4) is 0 Å². The molecule has 4 rings (SSSR count). The Hall–Kier alpha value is -4.13. The second kappa shape index (κ2) is 8.31. The largest absolute Gasteiger partial charge is 0.507 e. The summed E-state index contributed by atoms with van der Waals surface area (Å²) in [4.78, 5) is 13.0. The normalized spacial score (nSPS) is 10.9. The van der Waals surface area contributed by atoms with E-state index in [1.54, 1.807) is 53.1 Å². The Morgan fingerprint density at radius 2 is 1.77 bits per heavy atom. The number of aromatic hydroxyl groups is 1. The van der Waals surface area contributed by atoms with E-state index >= 15 is 0 Å². The highest BCUT2D eigenvalue weighted by Crippen LogP contribution is 2.29. The molecule has 0 atom stereocenters. The third-order valence-electron chi connectivity index (χ3n) is 5.08. The van der Waals surface area contributed by atoms with Crippen molar-refractivity contribution in [3.05, 3.63) is 101 Å². The Morgan fingerprint density at radius 3 is 2.55 bits per heavy atom. The van der Waals surface area contributed by atoms with Crippen LogP contribution in [0.5, 0.6) is 5.75 Å². The highest BCUT2D eigenvalue weighted by Gasteiger charge is 2.18. The molecule has 0 aliphatic heterocycles. The number of nitrogens with zero attached hydrogens (tertiary/aromatic N) is 1. The molecule has 0 saturated carbocycles. The Bertz CT molecular complexity index is 1300. The predicted octanol–water partition coefficient (Wildman–Crippen LogP) is 3.75. The smallest absolute Gasteiger partial charge is 0.268 e. The average Bonchev–Trinajstić information content (AvgIpc) is 3.12. The quantitative estimate of drug-likeness (QED) is 0.284. The number of rotatable bonds is 6. The molecule has 5 N–H and O–H groups in total. The fraction of sp³-hybridized carbons (Fsp3) is 0.0833. The summed E-state index contributed by atoms with van der Waals surface area (Å²) in [5.41, 5.74) is 8.76. The minimum atomic E-state index is -0.365. The predicted molar refractivity (Wildman–Crippen MR) is 118 cm³/mol. The summed E-state index contributed by atoms with van der Waals surface area (Å²) in [6.45, 7) is 0.515. The maximum absolute atomic E-state index is 13.4. The van der Waals surface area contributed by atoms with Crippen molar-refractivity contribution in [2.75, 3.05) is 0 Å². The number of aromatic nitrogens is 1. The summed E-state index contributed by atoms with van der Waals surface area (Å²) in [5.74, 6) is -0.670. The summed E-state index contributed by atoms with van der Waals surface area (Å²) in [6.07, 6.45) is 0. The summed E-state index contributed by atoms with van der Waals surface area (Å²) >= 11 is 0. The molecule has 1 heterocycles. The van der Waals surface area contributed by atoms with E-state index in [-0.39, 0.29) is 29.9 Å². The molecule has 156 valence electrons. The van der Waals surface area contributed by atoms with Crippen LogP contribution in [0.2, 0.25) is 0 Å². The highest BCUT2D eigenvalue weighted by atomic mass is 19.1. The number of halogens is 1. The minimum absolute atomic E-state index is 0.0371. The zero-order valence-corrected chi connectivity index (χ0v) is 16.6. The van der Waals surface area contributed by atoms with Gasteiger partial charge in [0.1, 0.15) is 23.1 Å². The number of carbonyl (C=O) groups is 1. The molecule has 0 fully saturated rings. The van der Waals surface area contributed by atoms with E-state index in [1.807, 2.05) is 12.1 Å². The van der Waals surface area contributed by atoms with Gasteiger partial charge in [-0.25, -0.2) is 4.39 Å². The molecule has 0 aliphatic carbocycles. The van der Waals surface area contributed by atoms with Crippen LogP contribution in [0.4, 0.5) is 4.39 Å². The molecule has 0 saturated heterocycles. The van der Waals surface area contributed by atoms with Gasteiger partial charge < -0.3 is 20.7 Å². The number of hydrogen-bond acceptors (Lipinski definition) is 3. The van der Waals surface area contributed by atoms with Crippen LogP contribution >= 0.6 is 0 Å². The third-order valence-corrected chi connectivity index (χ3v) is 5.08. The lowest BCUT2D eigenvalue weighted by Gasteiger charge is -2.12. The number of nitrogens with two attached hydrogens (primary N) is 1. The number of carbonyl (C=O) groups excluding carboxylic acids is 1. The molecular weight excluding hydrogens is 395 g/mol. The number of benzene rings is 3. The van der Waals surface area contributed by atoms with Gasteiger partial charge in [0, 0.05) is 24.0 Å². The van der Waals surface area contributed by atoms with Crippen molar-refractivity contribution in [1.29, 1.82) is 5.41 Å². The first kappa shape index (κ1) is 20.2. The topological polar surface area (TPSA) is 104 Å². The number of amidine groups is 1. The summed E-state index contributed by atoms with van der Waals surface area (Å²) < 4.78 is 15.2. The molecule has 0 radical (unpaired) electrons. The second-order valence-electron chi connectivity index (χ2n) is 7.25. The molecule has 0 unspecified atom stereocenters. The van der Waals surface area contributed by atoms with Crippen LogP contribution in [-0.4, -0.2) is 21.4 Å². The first-order chi connectivity index (χ1) is 14.9. The molecular formula is C24H21FN4O2. The monoisotopic (exact) mass is 416 g/mol. The molecule has 1 aromatic heterocycles. The summed E-state index contributed by atoms with van der Waals surface area (Å²) in [6, 6.07) is 20.0. The number of nitrogen functional groups attached to an aromatic ring is 1. The number of nitrogens with one attached hydrogen (secondary N) is 2. The van der Waals surface area contributed by atoms with Crippen molar-refractivity contribution in [1.82, 2.24) is 9.88 Å². The van der Waals surface area contributed by atoms with Gasteiger partial charge in [0.2, 0.25) is 0 Å². The molecule has 1 amide bonds. The highest BCUT2D eigenvalue weighted by molar-refractivity contribution is 6.00. The van der Waals surface area contributed by atoms with Crippen LogP contribution in [-0.2, 0) is 13.1 Å². The van der Waals surface area contributed by atoms with E-state index < -0.39 is 0 Å². The summed E-state index contributed by atoms with van der Waals surface area (Å²) in [7, 11) is 0. The van der Waals surface area contributed by atoms with Gasteiger partial charge in [0.05, 0.1) is 5.52 Å². The minimum Gasteiger partial charge on any atom is -0.507 e. The van der Waals surface area contributed by atoms with Crippen molar-refractivity contribution in [3.63, 3.8) is 0 Å². The van der Waals surface area contributed by atoms with Crippen LogP contribution in [0, 0.1) is 11.2 Å². The molecule has 3 aromatic carbocycles. The van der Waals surface area contributed by atoms with Crippen LogP contribution in [0.1, 0.15) is 27.2 Å². The Morgan fingerprint density at radius 1 is 1.03 bits per heavy atom. The molecule has 7 heteroatoms. The van der Waals surface area contributed by atoms with Gasteiger partial charge in [-0.3, -0.25) is 10.2 Å². The Balaban J connectivity index is 1.69. The van der Waals surface area contributed by atoms with Crippen molar-refractivity contribution < 1.29 is 14.3 Å². The van der Waals surface area contributed by atoms with Gasteiger partial charge in [0.15, 0.2) is 0 Å². The van der Waals surface area contributed by atoms with Crippen molar-refractivity contribution >= 4 is 22.6 Å². The third kappa shape index (κ3) is 4.25. The van der Waals surface area contributed by atoms with E-state index in [0.29, 0.717) is 34.3 Å². The lowest BCUT2D eigenvalue weighted by Crippen LogP contribution is -2.25. The van der Waals surface area contributed by atoms with Gasteiger partial charge in [-0.1, -0.05) is 36.4 Å². The average molecular weight is 416 g/mol. The lowest BCUT2D eigenvalue weighted by atomic mass is 10.1. The number of phenolic OH excluding ortho intramolecular Hbond substituents is 1. The second-order valence-corrected chi connectivity index (χ2v) is 7.25. The fourth-order valence-corrected chi connectivity index (χ4v) is 3.57. The number of hydrogen-bond donors (Lipinski definition) is 4. The van der Waals surface area contributed by atoms with Crippen LogP contribution in [0.25, 0.3) is 10.9 Å².